The minimum absolute atomic E-state index is 0.117. The number of hydrogen-bond donors (Lipinski definition) is 0. The monoisotopic (exact) mass is 414 g/mol. The molecule has 0 N–H and O–H groups in total. The number of amides is 1. The van der Waals surface area contributed by atoms with E-state index in [-0.39, 0.29) is 11.7 Å². The number of benzene rings is 1. The van der Waals surface area contributed by atoms with Gasteiger partial charge in [-0.2, -0.15) is 4.73 Å². The zero-order valence-electron chi connectivity index (χ0n) is 17.8. The highest BCUT2D eigenvalue weighted by Crippen LogP contribution is 2.21. The van der Waals surface area contributed by atoms with Crippen molar-refractivity contribution in [3.8, 4) is 0 Å². The van der Waals surface area contributed by atoms with E-state index in [2.05, 4.69) is 4.90 Å². The Morgan fingerprint density at radius 3 is 2.77 bits per heavy atom. The quantitative estimate of drug-likeness (QED) is 0.492. The van der Waals surface area contributed by atoms with E-state index < -0.39 is 0 Å². The number of rotatable bonds is 8. The van der Waals surface area contributed by atoms with Crippen LogP contribution in [-0.4, -0.2) is 67.4 Å². The number of likely N-dealkylation sites (N-methyl/N-ethyl adjacent to an activating group) is 1. The summed E-state index contributed by atoms with van der Waals surface area (Å²) in [5.41, 5.74) is 1.12. The second-order valence-corrected chi connectivity index (χ2v) is 8.34. The van der Waals surface area contributed by atoms with Gasteiger partial charge >= 0.3 is 0 Å². The van der Waals surface area contributed by atoms with Crippen molar-refractivity contribution in [3.63, 3.8) is 0 Å². The van der Waals surface area contributed by atoms with Crippen molar-refractivity contribution in [2.24, 2.45) is 5.92 Å². The Kier molecular flexibility index (Phi) is 7.76. The van der Waals surface area contributed by atoms with E-state index >= 15 is 0 Å². The molecule has 1 atom stereocenters. The van der Waals surface area contributed by atoms with Crippen LogP contribution in [0.15, 0.2) is 48.8 Å². The summed E-state index contributed by atoms with van der Waals surface area (Å²) >= 11 is 0. The number of nitrogens with zero attached hydrogens (tertiary/aromatic N) is 4. The van der Waals surface area contributed by atoms with Gasteiger partial charge in [0.2, 0.25) is 0 Å². The molecule has 1 aromatic heterocycles. The Morgan fingerprint density at radius 1 is 1.23 bits per heavy atom. The van der Waals surface area contributed by atoms with E-state index in [9.17, 15) is 14.4 Å². The van der Waals surface area contributed by atoms with E-state index in [1.54, 1.807) is 18.2 Å². The summed E-state index contributed by atoms with van der Waals surface area (Å²) in [6.45, 7) is 4.34. The Labute approximate surface area is 178 Å². The van der Waals surface area contributed by atoms with Crippen LogP contribution in [0.25, 0.3) is 0 Å². The third kappa shape index (κ3) is 6.24. The molecule has 2 heterocycles. The smallest absolute Gasteiger partial charge is 0.260 e. The molecule has 7 heteroatoms. The number of pyridine rings is 1. The van der Waals surface area contributed by atoms with Crippen LogP contribution in [0.2, 0.25) is 0 Å². The van der Waals surface area contributed by atoms with Crippen LogP contribution in [-0.2, 0) is 6.54 Å². The first-order valence-electron chi connectivity index (χ1n) is 10.5. The second-order valence-electron chi connectivity index (χ2n) is 8.34. The molecule has 1 saturated heterocycles. The molecule has 0 spiro atoms. The Hall–Kier alpha value is -2.51. The van der Waals surface area contributed by atoms with Crippen LogP contribution in [0.1, 0.15) is 28.8 Å². The summed E-state index contributed by atoms with van der Waals surface area (Å²) < 4.78 is 14.7. The number of piperidine rings is 1. The van der Waals surface area contributed by atoms with Gasteiger partial charge in [0, 0.05) is 44.4 Å². The predicted molar refractivity (Wildman–Crippen MR) is 114 cm³/mol. The second kappa shape index (κ2) is 10.5. The normalized spacial score (nSPS) is 17.3. The largest absolute Gasteiger partial charge is 0.619 e. The van der Waals surface area contributed by atoms with Crippen LogP contribution < -0.4 is 4.73 Å². The third-order valence-electron chi connectivity index (χ3n) is 5.56. The van der Waals surface area contributed by atoms with Crippen LogP contribution >= 0.6 is 0 Å². The number of likely N-dealkylation sites (tertiary alicyclic amines) is 1. The molecule has 2 aromatic rings. The SMILES string of the molecule is CN(C)CCN(C[C@@H]1CCCN(Cc2ccccc2F)C1)C(=O)c1ccc[n+]([O-])c1. The van der Waals surface area contributed by atoms with Crippen molar-refractivity contribution in [2.75, 3.05) is 46.8 Å². The van der Waals surface area contributed by atoms with E-state index in [1.165, 1.54) is 18.5 Å². The van der Waals surface area contributed by atoms with Gasteiger partial charge in [-0.15, -0.1) is 0 Å². The molecule has 0 saturated carbocycles. The Bertz CT molecular complexity index is 845. The molecule has 1 fully saturated rings. The minimum Gasteiger partial charge on any atom is -0.619 e. The molecule has 1 aliphatic heterocycles. The third-order valence-corrected chi connectivity index (χ3v) is 5.56. The molecular weight excluding hydrogens is 383 g/mol. The van der Waals surface area contributed by atoms with Crippen LogP contribution in [0.4, 0.5) is 4.39 Å². The number of carbonyl (C=O) groups is 1. The van der Waals surface area contributed by atoms with Crippen LogP contribution in [0.3, 0.4) is 0 Å². The summed E-state index contributed by atoms with van der Waals surface area (Å²) in [5, 5.41) is 11.6. The van der Waals surface area contributed by atoms with E-state index in [4.69, 9.17) is 0 Å². The molecule has 0 bridgehead atoms. The standard InChI is InChI=1S/C23H31FN4O2/c1-25(2)13-14-27(23(29)21-9-6-12-28(30)18-21)16-19-7-5-11-26(15-19)17-20-8-3-4-10-22(20)24/h3-4,6,8-10,12,18-19H,5,7,11,13-17H2,1-2H3/t19-/m1/s1. The van der Waals surface area contributed by atoms with Crippen molar-refractivity contribution >= 4 is 5.91 Å². The maximum atomic E-state index is 14.0. The first-order valence-corrected chi connectivity index (χ1v) is 10.5. The summed E-state index contributed by atoms with van der Waals surface area (Å²) in [5.74, 6) is 0.0328. The van der Waals surface area contributed by atoms with Gasteiger partial charge in [0.05, 0.1) is 0 Å². The van der Waals surface area contributed by atoms with E-state index in [0.29, 0.717) is 41.4 Å². The lowest BCUT2D eigenvalue weighted by Gasteiger charge is -2.36. The average molecular weight is 415 g/mol. The molecule has 162 valence electrons. The fraction of sp³-hybridized carbons (Fsp3) is 0.478. The summed E-state index contributed by atoms with van der Waals surface area (Å²) in [7, 11) is 3.96. The molecule has 0 aliphatic carbocycles. The van der Waals surface area contributed by atoms with Crippen molar-refractivity contribution in [1.82, 2.24) is 14.7 Å². The summed E-state index contributed by atoms with van der Waals surface area (Å²) in [6, 6.07) is 10.2. The van der Waals surface area contributed by atoms with Crippen molar-refractivity contribution in [2.45, 2.75) is 19.4 Å². The number of aromatic nitrogens is 1. The van der Waals surface area contributed by atoms with Gasteiger partial charge in [-0.3, -0.25) is 9.69 Å². The fourth-order valence-corrected chi connectivity index (χ4v) is 3.98. The van der Waals surface area contributed by atoms with E-state index in [0.717, 1.165) is 32.5 Å². The van der Waals surface area contributed by atoms with Gasteiger partial charge in [0.1, 0.15) is 11.4 Å². The van der Waals surface area contributed by atoms with Crippen LogP contribution in [0, 0.1) is 16.9 Å². The van der Waals surface area contributed by atoms with E-state index in [1.807, 2.05) is 36.0 Å². The number of carbonyl (C=O) groups excluding carboxylic acids is 1. The summed E-state index contributed by atoms with van der Waals surface area (Å²) in [4.78, 5) is 19.3. The summed E-state index contributed by atoms with van der Waals surface area (Å²) in [6.07, 6.45) is 4.77. The van der Waals surface area contributed by atoms with Gasteiger partial charge < -0.3 is 15.0 Å². The minimum atomic E-state index is -0.169. The number of halogens is 1. The average Bonchev–Trinajstić information content (AvgIpc) is 2.72. The zero-order chi connectivity index (χ0) is 21.5. The van der Waals surface area contributed by atoms with Gasteiger partial charge in [-0.05, 0) is 51.5 Å². The first-order chi connectivity index (χ1) is 14.4. The number of hydrogen-bond acceptors (Lipinski definition) is 4. The first kappa shape index (κ1) is 22.2. The molecule has 0 radical (unpaired) electrons. The molecule has 1 aliphatic rings. The molecule has 1 aromatic carbocycles. The molecule has 6 nitrogen and oxygen atoms in total. The van der Waals surface area contributed by atoms with Crippen molar-refractivity contribution in [3.05, 3.63) is 70.9 Å². The van der Waals surface area contributed by atoms with Crippen molar-refractivity contribution in [1.29, 1.82) is 0 Å². The highest BCUT2D eigenvalue weighted by molar-refractivity contribution is 5.93. The lowest BCUT2D eigenvalue weighted by Crippen LogP contribution is -2.45. The maximum absolute atomic E-state index is 14.0. The molecule has 0 unspecified atom stereocenters. The lowest BCUT2D eigenvalue weighted by molar-refractivity contribution is -0.605. The zero-order valence-corrected chi connectivity index (χ0v) is 17.8. The highest BCUT2D eigenvalue weighted by atomic mass is 19.1. The highest BCUT2D eigenvalue weighted by Gasteiger charge is 2.26. The lowest BCUT2D eigenvalue weighted by atomic mass is 9.96. The molecular formula is C23H31FN4O2. The molecule has 30 heavy (non-hydrogen) atoms. The van der Waals surface area contributed by atoms with Crippen LogP contribution in [0.5, 0.6) is 0 Å². The molecule has 3 rings (SSSR count). The predicted octanol–water partition coefficient (Wildman–Crippen LogP) is 2.38. The van der Waals surface area contributed by atoms with Gasteiger partial charge in [-0.25, -0.2) is 4.39 Å². The molecule has 1 amide bonds. The van der Waals surface area contributed by atoms with Gasteiger partial charge in [0.15, 0.2) is 12.4 Å². The fourth-order valence-electron chi connectivity index (χ4n) is 3.98. The van der Waals surface area contributed by atoms with Gasteiger partial charge in [-0.1, -0.05) is 18.2 Å². The maximum Gasteiger partial charge on any atom is 0.260 e. The Morgan fingerprint density at radius 2 is 2.03 bits per heavy atom. The van der Waals surface area contributed by atoms with Gasteiger partial charge in [0.25, 0.3) is 5.91 Å². The Balaban J connectivity index is 1.67. The van der Waals surface area contributed by atoms with Crippen molar-refractivity contribution < 1.29 is 13.9 Å². The topological polar surface area (TPSA) is 53.7 Å².